The lowest BCUT2D eigenvalue weighted by Crippen LogP contribution is -2.52. The van der Waals surface area contributed by atoms with Crippen LogP contribution in [0.1, 0.15) is 43.9 Å². The minimum absolute atomic E-state index is 0.0526. The van der Waals surface area contributed by atoms with Crippen molar-refractivity contribution in [2.24, 2.45) is 0 Å². The lowest BCUT2D eigenvalue weighted by atomic mass is 10.1. The first kappa shape index (κ1) is 28.9. The van der Waals surface area contributed by atoms with Crippen LogP contribution in [0.25, 0.3) is 0 Å². The number of amides is 2. The van der Waals surface area contributed by atoms with Crippen LogP contribution < -0.4 is 9.62 Å². The Hall–Kier alpha value is -3.65. The summed E-state index contributed by atoms with van der Waals surface area (Å²) in [6.07, 6.45) is 0.751. The van der Waals surface area contributed by atoms with Gasteiger partial charge in [-0.25, -0.2) is 8.42 Å². The van der Waals surface area contributed by atoms with E-state index in [0.29, 0.717) is 11.3 Å². The summed E-state index contributed by atoms with van der Waals surface area (Å²) >= 11 is 0. The van der Waals surface area contributed by atoms with Crippen LogP contribution in [0.2, 0.25) is 0 Å². The molecule has 3 aromatic carbocycles. The molecule has 0 unspecified atom stereocenters. The largest absolute Gasteiger partial charge is 0.352 e. The van der Waals surface area contributed by atoms with Crippen molar-refractivity contribution < 1.29 is 18.0 Å². The van der Waals surface area contributed by atoms with Crippen LogP contribution in [0, 0.1) is 13.8 Å². The third-order valence-electron chi connectivity index (χ3n) is 6.64. The Morgan fingerprint density at radius 1 is 0.868 bits per heavy atom. The molecule has 3 rings (SSSR count). The normalized spacial score (nSPS) is 12.9. The summed E-state index contributed by atoms with van der Waals surface area (Å²) in [5, 5.41) is 2.95. The number of nitrogens with zero attached hydrogens (tertiary/aromatic N) is 2. The highest BCUT2D eigenvalue weighted by molar-refractivity contribution is 7.92. The summed E-state index contributed by atoms with van der Waals surface area (Å²) in [4.78, 5) is 28.6. The van der Waals surface area contributed by atoms with E-state index in [4.69, 9.17) is 0 Å². The van der Waals surface area contributed by atoms with Gasteiger partial charge in [-0.15, -0.1) is 0 Å². The fourth-order valence-corrected chi connectivity index (χ4v) is 5.51. The van der Waals surface area contributed by atoms with Gasteiger partial charge in [-0.05, 0) is 63.4 Å². The highest BCUT2D eigenvalue weighted by Gasteiger charge is 2.33. The molecule has 0 spiro atoms. The average molecular weight is 536 g/mol. The van der Waals surface area contributed by atoms with Crippen molar-refractivity contribution in [3.8, 4) is 0 Å². The van der Waals surface area contributed by atoms with Gasteiger partial charge < -0.3 is 10.2 Å². The van der Waals surface area contributed by atoms with Crippen molar-refractivity contribution in [2.75, 3.05) is 10.8 Å². The quantitative estimate of drug-likeness (QED) is 0.381. The number of carbonyl (C=O) groups is 2. The number of nitrogens with one attached hydrogen (secondary N) is 1. The summed E-state index contributed by atoms with van der Waals surface area (Å²) in [5.41, 5.74) is 3.05. The van der Waals surface area contributed by atoms with Gasteiger partial charge in [0.25, 0.3) is 10.0 Å². The van der Waals surface area contributed by atoms with E-state index < -0.39 is 28.5 Å². The van der Waals surface area contributed by atoms with Crippen molar-refractivity contribution >= 4 is 27.5 Å². The maximum absolute atomic E-state index is 13.9. The Kier molecular flexibility index (Phi) is 9.69. The fourth-order valence-electron chi connectivity index (χ4n) is 4.01. The molecule has 7 nitrogen and oxygen atoms in total. The Morgan fingerprint density at radius 2 is 1.47 bits per heavy atom. The van der Waals surface area contributed by atoms with Crippen LogP contribution in [-0.2, 0) is 26.2 Å². The van der Waals surface area contributed by atoms with Crippen LogP contribution in [0.5, 0.6) is 0 Å². The second-order valence-electron chi connectivity index (χ2n) is 9.61. The molecule has 0 heterocycles. The highest BCUT2D eigenvalue weighted by Crippen LogP contribution is 2.27. The van der Waals surface area contributed by atoms with Crippen LogP contribution in [0.15, 0.2) is 83.8 Å². The number of hydrogen-bond donors (Lipinski definition) is 1. The molecule has 38 heavy (non-hydrogen) atoms. The van der Waals surface area contributed by atoms with Gasteiger partial charge in [0.05, 0.1) is 10.6 Å². The molecule has 3 aromatic rings. The molecule has 8 heteroatoms. The number of rotatable bonds is 11. The molecule has 2 amide bonds. The van der Waals surface area contributed by atoms with E-state index in [-0.39, 0.29) is 23.4 Å². The van der Waals surface area contributed by atoms with Crippen molar-refractivity contribution in [3.05, 3.63) is 95.6 Å². The third kappa shape index (κ3) is 7.01. The van der Waals surface area contributed by atoms with Gasteiger partial charge in [-0.3, -0.25) is 13.9 Å². The molecule has 202 valence electrons. The fraction of sp³-hybridized carbons (Fsp3) is 0.333. The standard InChI is InChI=1S/C30H37N3O4S/c1-6-24(4)31-30(35)25(5)32(20-26-18-16-22(2)17-19-26)29(34)21-33(28-15-11-10-12-23(28)3)38(36,37)27-13-8-7-9-14-27/h7-19,24-25H,6,20-21H2,1-5H3,(H,31,35)/t24-,25+/m0/s1. The minimum Gasteiger partial charge on any atom is -0.352 e. The molecular weight excluding hydrogens is 498 g/mol. The molecule has 0 aliphatic rings. The van der Waals surface area contributed by atoms with Gasteiger partial charge in [-0.2, -0.15) is 0 Å². The number of carbonyl (C=O) groups excluding carboxylic acids is 2. The first-order valence-electron chi connectivity index (χ1n) is 12.8. The van der Waals surface area contributed by atoms with E-state index in [1.807, 2.05) is 51.1 Å². The SMILES string of the molecule is CC[C@H](C)NC(=O)[C@@H](C)N(Cc1ccc(C)cc1)C(=O)CN(c1ccccc1C)S(=O)(=O)c1ccccc1. The van der Waals surface area contributed by atoms with Crippen molar-refractivity contribution in [1.29, 1.82) is 0 Å². The maximum Gasteiger partial charge on any atom is 0.264 e. The molecule has 0 saturated heterocycles. The predicted molar refractivity (Wildman–Crippen MR) is 151 cm³/mol. The number of benzene rings is 3. The summed E-state index contributed by atoms with van der Waals surface area (Å²) < 4.78 is 28.7. The predicted octanol–water partition coefficient (Wildman–Crippen LogP) is 4.83. The molecule has 1 N–H and O–H groups in total. The number of anilines is 1. The van der Waals surface area contributed by atoms with Gasteiger partial charge in [0.1, 0.15) is 12.6 Å². The van der Waals surface area contributed by atoms with E-state index in [2.05, 4.69) is 5.32 Å². The molecule has 0 aliphatic heterocycles. The van der Waals surface area contributed by atoms with Gasteiger partial charge >= 0.3 is 0 Å². The Labute approximate surface area is 226 Å². The van der Waals surface area contributed by atoms with Crippen molar-refractivity contribution in [2.45, 2.75) is 64.6 Å². The topological polar surface area (TPSA) is 86.8 Å². The third-order valence-corrected chi connectivity index (χ3v) is 8.41. The second kappa shape index (κ2) is 12.7. The molecular formula is C30H37N3O4S. The lowest BCUT2D eigenvalue weighted by Gasteiger charge is -2.33. The number of hydrogen-bond acceptors (Lipinski definition) is 4. The number of aryl methyl sites for hydroxylation is 2. The molecule has 2 atom stereocenters. The minimum atomic E-state index is -4.07. The van der Waals surface area contributed by atoms with Crippen molar-refractivity contribution in [1.82, 2.24) is 10.2 Å². The first-order chi connectivity index (χ1) is 18.0. The lowest BCUT2D eigenvalue weighted by molar-refractivity contribution is -0.139. The summed E-state index contributed by atoms with van der Waals surface area (Å²) in [6, 6.07) is 22.0. The van der Waals surface area contributed by atoms with Crippen LogP contribution in [0.3, 0.4) is 0 Å². The first-order valence-corrected chi connectivity index (χ1v) is 14.3. The van der Waals surface area contributed by atoms with E-state index in [1.165, 1.54) is 17.0 Å². The number of sulfonamides is 1. The maximum atomic E-state index is 13.9. The summed E-state index contributed by atoms with van der Waals surface area (Å²) in [5.74, 6) is -0.756. The summed E-state index contributed by atoms with van der Waals surface area (Å²) in [7, 11) is -4.07. The molecule has 0 bridgehead atoms. The number of para-hydroxylation sites is 1. The summed E-state index contributed by atoms with van der Waals surface area (Å²) in [6.45, 7) is 9.05. The Balaban J connectivity index is 2.02. The smallest absolute Gasteiger partial charge is 0.264 e. The van der Waals surface area contributed by atoms with Crippen LogP contribution >= 0.6 is 0 Å². The van der Waals surface area contributed by atoms with E-state index >= 15 is 0 Å². The van der Waals surface area contributed by atoms with Gasteiger partial charge in [0.2, 0.25) is 11.8 Å². The van der Waals surface area contributed by atoms with Crippen LogP contribution in [-0.4, -0.2) is 43.8 Å². The monoisotopic (exact) mass is 535 g/mol. The van der Waals surface area contributed by atoms with E-state index in [1.54, 1.807) is 50.2 Å². The van der Waals surface area contributed by atoms with Gasteiger partial charge in [0.15, 0.2) is 0 Å². The molecule has 0 aliphatic carbocycles. The molecule has 0 saturated carbocycles. The zero-order chi connectivity index (χ0) is 27.9. The second-order valence-corrected chi connectivity index (χ2v) is 11.5. The molecule has 0 aromatic heterocycles. The van der Waals surface area contributed by atoms with Crippen molar-refractivity contribution in [3.63, 3.8) is 0 Å². The Morgan fingerprint density at radius 3 is 2.08 bits per heavy atom. The average Bonchev–Trinajstić information content (AvgIpc) is 2.91. The Bertz CT molecular complexity index is 1340. The highest BCUT2D eigenvalue weighted by atomic mass is 32.2. The zero-order valence-corrected chi connectivity index (χ0v) is 23.5. The zero-order valence-electron chi connectivity index (χ0n) is 22.7. The molecule has 0 radical (unpaired) electrons. The molecule has 0 fully saturated rings. The van der Waals surface area contributed by atoms with Gasteiger partial charge in [0, 0.05) is 12.6 Å². The van der Waals surface area contributed by atoms with Gasteiger partial charge in [-0.1, -0.05) is 73.2 Å². The van der Waals surface area contributed by atoms with Crippen LogP contribution in [0.4, 0.5) is 5.69 Å². The van der Waals surface area contributed by atoms with E-state index in [9.17, 15) is 18.0 Å². The van der Waals surface area contributed by atoms with E-state index in [0.717, 1.165) is 21.9 Å².